The number of nitrogens with one attached hydrogen (secondary N) is 1. The van der Waals surface area contributed by atoms with E-state index in [4.69, 9.17) is 11.6 Å². The normalized spacial score (nSPS) is 11.3. The molecule has 1 N–H and O–H groups in total. The molecule has 7 heteroatoms. The van der Waals surface area contributed by atoms with Crippen LogP contribution in [0.15, 0.2) is 53.9 Å². The quantitative estimate of drug-likeness (QED) is 0.496. The molecular formula is C20H17ClN4OS. The fourth-order valence-corrected chi connectivity index (χ4v) is 3.70. The van der Waals surface area contributed by atoms with Gasteiger partial charge in [0, 0.05) is 21.5 Å². The summed E-state index contributed by atoms with van der Waals surface area (Å²) in [4.78, 5) is 17.6. The zero-order valence-electron chi connectivity index (χ0n) is 14.8. The second-order valence-electron chi connectivity index (χ2n) is 6.49. The summed E-state index contributed by atoms with van der Waals surface area (Å²) in [7, 11) is 0. The van der Waals surface area contributed by atoms with Gasteiger partial charge in [-0.1, -0.05) is 49.7 Å². The first-order valence-corrected chi connectivity index (χ1v) is 9.78. The SMILES string of the molecule is CC(C)c1ccc(C(=O)Nc2nc3scc(-c4ccc(Cl)cc4)n3n2)cc1. The van der Waals surface area contributed by atoms with Crippen LogP contribution in [0.25, 0.3) is 16.2 Å². The lowest BCUT2D eigenvalue weighted by atomic mass is 10.0. The van der Waals surface area contributed by atoms with Crippen LogP contribution in [-0.4, -0.2) is 20.5 Å². The third kappa shape index (κ3) is 3.59. The molecule has 0 aliphatic rings. The lowest BCUT2D eigenvalue weighted by Crippen LogP contribution is -2.13. The van der Waals surface area contributed by atoms with Crippen LogP contribution in [0.2, 0.25) is 5.02 Å². The Morgan fingerprint density at radius 2 is 1.81 bits per heavy atom. The topological polar surface area (TPSA) is 59.3 Å². The minimum Gasteiger partial charge on any atom is -0.289 e. The van der Waals surface area contributed by atoms with Gasteiger partial charge in [0.15, 0.2) is 0 Å². The molecule has 5 nitrogen and oxygen atoms in total. The Hall–Kier alpha value is -2.70. The molecule has 0 saturated heterocycles. The molecule has 2 heterocycles. The number of hydrogen-bond donors (Lipinski definition) is 1. The number of thiazole rings is 1. The van der Waals surface area contributed by atoms with Gasteiger partial charge in [0.25, 0.3) is 11.9 Å². The number of nitrogens with zero attached hydrogens (tertiary/aromatic N) is 3. The van der Waals surface area contributed by atoms with Crippen LogP contribution in [0, 0.1) is 0 Å². The Kier molecular flexibility index (Phi) is 4.68. The van der Waals surface area contributed by atoms with E-state index in [9.17, 15) is 4.79 Å². The second kappa shape index (κ2) is 7.13. The smallest absolute Gasteiger partial charge is 0.258 e. The van der Waals surface area contributed by atoms with Gasteiger partial charge in [0.05, 0.1) is 5.69 Å². The fourth-order valence-electron chi connectivity index (χ4n) is 2.75. The number of anilines is 1. The minimum atomic E-state index is -0.225. The average molecular weight is 397 g/mol. The van der Waals surface area contributed by atoms with Crippen molar-refractivity contribution < 1.29 is 4.79 Å². The first-order valence-electron chi connectivity index (χ1n) is 8.53. The average Bonchev–Trinajstić information content (AvgIpc) is 3.22. The van der Waals surface area contributed by atoms with Crippen molar-refractivity contribution in [3.63, 3.8) is 0 Å². The van der Waals surface area contributed by atoms with Crippen molar-refractivity contribution in [2.75, 3.05) is 5.32 Å². The number of amides is 1. The lowest BCUT2D eigenvalue weighted by molar-refractivity contribution is 0.102. The van der Waals surface area contributed by atoms with Crippen molar-refractivity contribution in [3.05, 3.63) is 70.1 Å². The van der Waals surface area contributed by atoms with E-state index in [1.165, 1.54) is 16.9 Å². The number of carbonyl (C=O) groups excluding carboxylic acids is 1. The van der Waals surface area contributed by atoms with Crippen LogP contribution in [0.1, 0.15) is 35.7 Å². The number of halogens is 1. The molecule has 136 valence electrons. The van der Waals surface area contributed by atoms with E-state index in [1.807, 2.05) is 53.9 Å². The molecule has 0 atom stereocenters. The number of benzene rings is 2. The molecule has 2 aromatic heterocycles. The molecular weight excluding hydrogens is 380 g/mol. The Morgan fingerprint density at radius 1 is 1.11 bits per heavy atom. The maximum absolute atomic E-state index is 12.5. The molecule has 4 aromatic rings. The van der Waals surface area contributed by atoms with E-state index in [0.717, 1.165) is 11.3 Å². The van der Waals surface area contributed by atoms with Crippen LogP contribution < -0.4 is 5.32 Å². The Bertz CT molecular complexity index is 1100. The molecule has 0 unspecified atom stereocenters. The molecule has 27 heavy (non-hydrogen) atoms. The molecule has 0 spiro atoms. The van der Waals surface area contributed by atoms with Crippen LogP contribution in [0.5, 0.6) is 0 Å². The maximum Gasteiger partial charge on any atom is 0.258 e. The van der Waals surface area contributed by atoms with E-state index < -0.39 is 0 Å². The molecule has 0 bridgehead atoms. The monoisotopic (exact) mass is 396 g/mol. The van der Waals surface area contributed by atoms with E-state index >= 15 is 0 Å². The highest BCUT2D eigenvalue weighted by atomic mass is 35.5. The van der Waals surface area contributed by atoms with Crippen LogP contribution >= 0.6 is 22.9 Å². The zero-order valence-corrected chi connectivity index (χ0v) is 16.4. The summed E-state index contributed by atoms with van der Waals surface area (Å²) in [5, 5.41) is 9.87. The standard InChI is InChI=1S/C20H17ClN4OS/c1-12(2)13-3-5-15(6-4-13)18(26)22-19-23-20-25(24-19)17(11-27-20)14-7-9-16(21)10-8-14/h3-12H,1-2H3,(H,22,24,26). The van der Waals surface area contributed by atoms with Gasteiger partial charge in [-0.2, -0.15) is 4.98 Å². The van der Waals surface area contributed by atoms with Gasteiger partial charge in [-0.15, -0.1) is 16.4 Å². The first-order chi connectivity index (χ1) is 13.0. The maximum atomic E-state index is 12.5. The molecule has 0 aliphatic carbocycles. The molecule has 0 aliphatic heterocycles. The lowest BCUT2D eigenvalue weighted by Gasteiger charge is -2.06. The molecule has 0 fully saturated rings. The van der Waals surface area contributed by atoms with Crippen molar-refractivity contribution >= 4 is 39.8 Å². The number of fused-ring (bicyclic) bond motifs is 1. The van der Waals surface area contributed by atoms with E-state index in [2.05, 4.69) is 29.2 Å². The summed E-state index contributed by atoms with van der Waals surface area (Å²) < 4.78 is 1.73. The number of carbonyl (C=O) groups is 1. The number of hydrogen-bond acceptors (Lipinski definition) is 4. The van der Waals surface area contributed by atoms with Gasteiger partial charge in [-0.25, -0.2) is 4.52 Å². The largest absolute Gasteiger partial charge is 0.289 e. The van der Waals surface area contributed by atoms with Crippen molar-refractivity contribution in [2.24, 2.45) is 0 Å². The molecule has 4 rings (SSSR count). The van der Waals surface area contributed by atoms with Gasteiger partial charge in [-0.05, 0) is 35.7 Å². The van der Waals surface area contributed by atoms with E-state index in [0.29, 0.717) is 21.5 Å². The molecule has 0 radical (unpaired) electrons. The van der Waals surface area contributed by atoms with Gasteiger partial charge in [0.2, 0.25) is 4.96 Å². The van der Waals surface area contributed by atoms with Gasteiger partial charge < -0.3 is 0 Å². The molecule has 1 amide bonds. The number of rotatable bonds is 4. The summed E-state index contributed by atoms with van der Waals surface area (Å²) in [5.41, 5.74) is 3.66. The predicted octanol–water partition coefficient (Wildman–Crippen LogP) is 5.49. The summed E-state index contributed by atoms with van der Waals surface area (Å²) in [6.45, 7) is 4.24. The zero-order chi connectivity index (χ0) is 19.0. The second-order valence-corrected chi connectivity index (χ2v) is 7.76. The van der Waals surface area contributed by atoms with Crippen molar-refractivity contribution in [1.29, 1.82) is 0 Å². The Morgan fingerprint density at radius 3 is 2.48 bits per heavy atom. The predicted molar refractivity (Wildman–Crippen MR) is 110 cm³/mol. The third-order valence-electron chi connectivity index (χ3n) is 4.29. The summed E-state index contributed by atoms with van der Waals surface area (Å²) in [5.74, 6) is 0.488. The first kappa shape index (κ1) is 17.7. The van der Waals surface area contributed by atoms with Gasteiger partial charge >= 0.3 is 0 Å². The highest BCUT2D eigenvalue weighted by Gasteiger charge is 2.14. The van der Waals surface area contributed by atoms with Crippen molar-refractivity contribution in [3.8, 4) is 11.3 Å². The summed E-state index contributed by atoms with van der Waals surface area (Å²) >= 11 is 7.43. The fraction of sp³-hybridized carbons (Fsp3) is 0.150. The van der Waals surface area contributed by atoms with E-state index in [1.54, 1.807) is 4.52 Å². The van der Waals surface area contributed by atoms with Crippen LogP contribution in [0.4, 0.5) is 5.95 Å². The molecule has 2 aromatic carbocycles. The van der Waals surface area contributed by atoms with Gasteiger partial charge in [-0.3, -0.25) is 10.1 Å². The van der Waals surface area contributed by atoms with Gasteiger partial charge in [0.1, 0.15) is 0 Å². The highest BCUT2D eigenvalue weighted by Crippen LogP contribution is 2.27. The van der Waals surface area contributed by atoms with Crippen LogP contribution in [-0.2, 0) is 0 Å². The Labute approximate surface area is 165 Å². The summed E-state index contributed by atoms with van der Waals surface area (Å²) in [6.07, 6.45) is 0. The van der Waals surface area contributed by atoms with Crippen LogP contribution in [0.3, 0.4) is 0 Å². The third-order valence-corrected chi connectivity index (χ3v) is 5.35. The van der Waals surface area contributed by atoms with Crippen molar-refractivity contribution in [2.45, 2.75) is 19.8 Å². The Balaban J connectivity index is 1.57. The minimum absolute atomic E-state index is 0.225. The number of aromatic nitrogens is 3. The summed E-state index contributed by atoms with van der Waals surface area (Å²) in [6, 6.07) is 15.1. The van der Waals surface area contributed by atoms with E-state index in [-0.39, 0.29) is 11.9 Å². The molecule has 0 saturated carbocycles. The van der Waals surface area contributed by atoms with Crippen molar-refractivity contribution in [1.82, 2.24) is 14.6 Å². The highest BCUT2D eigenvalue weighted by molar-refractivity contribution is 7.15.